The molecule has 0 aromatic carbocycles. The fourth-order valence-corrected chi connectivity index (χ4v) is 2.45. The number of carbonyl (C=O) groups is 2. The van der Waals surface area contributed by atoms with E-state index in [1.54, 1.807) is 13.8 Å². The van der Waals surface area contributed by atoms with Crippen molar-refractivity contribution >= 4 is 17.4 Å². The molecule has 0 amide bonds. The zero-order valence-electron chi connectivity index (χ0n) is 14.6. The van der Waals surface area contributed by atoms with Gasteiger partial charge in [0.05, 0.1) is 11.7 Å². The van der Waals surface area contributed by atoms with Crippen LogP contribution in [-0.2, 0) is 11.3 Å². The summed E-state index contributed by atoms with van der Waals surface area (Å²) in [5.41, 5.74) is 4.47. The highest BCUT2D eigenvalue weighted by atomic mass is 16.5. The minimum Gasteiger partial charge on any atom is -0.458 e. The molecule has 1 unspecified atom stereocenters. The monoisotopic (exact) mass is 323 g/mol. The SMILES string of the molecule is CCn1nc(C(=O)OC(C)CC(C)(C)C)c(C(C)=O)c(N)c1=O. The molecule has 7 heteroatoms. The maximum atomic E-state index is 12.4. The number of aryl methyl sites for hydroxylation is 1. The molecule has 1 rings (SSSR count). The van der Waals surface area contributed by atoms with Crippen LogP contribution in [0.2, 0.25) is 0 Å². The average molecular weight is 323 g/mol. The van der Waals surface area contributed by atoms with Gasteiger partial charge in [-0.25, -0.2) is 9.48 Å². The van der Waals surface area contributed by atoms with Crippen molar-refractivity contribution in [3.8, 4) is 0 Å². The smallest absolute Gasteiger partial charge is 0.359 e. The van der Waals surface area contributed by atoms with Gasteiger partial charge in [0, 0.05) is 6.54 Å². The molecule has 0 radical (unpaired) electrons. The van der Waals surface area contributed by atoms with Crippen molar-refractivity contribution in [1.29, 1.82) is 0 Å². The number of Topliss-reactive ketones (excluding diaryl/α,β-unsaturated/α-hetero) is 1. The number of esters is 1. The van der Waals surface area contributed by atoms with Crippen LogP contribution in [0.15, 0.2) is 4.79 Å². The Hall–Kier alpha value is -2.18. The third kappa shape index (κ3) is 4.64. The molecule has 0 bridgehead atoms. The van der Waals surface area contributed by atoms with Gasteiger partial charge in [-0.2, -0.15) is 5.10 Å². The summed E-state index contributed by atoms with van der Waals surface area (Å²) in [5, 5.41) is 3.95. The van der Waals surface area contributed by atoms with Crippen molar-refractivity contribution in [2.24, 2.45) is 5.41 Å². The zero-order chi connectivity index (χ0) is 17.9. The van der Waals surface area contributed by atoms with E-state index in [1.807, 2.05) is 20.8 Å². The summed E-state index contributed by atoms with van der Waals surface area (Å²) in [4.78, 5) is 36.2. The lowest BCUT2D eigenvalue weighted by Gasteiger charge is -2.23. The Balaban J connectivity index is 3.25. The van der Waals surface area contributed by atoms with Crippen molar-refractivity contribution < 1.29 is 14.3 Å². The van der Waals surface area contributed by atoms with Crippen LogP contribution in [0.25, 0.3) is 0 Å². The van der Waals surface area contributed by atoms with Gasteiger partial charge in [-0.15, -0.1) is 0 Å². The van der Waals surface area contributed by atoms with Crippen molar-refractivity contribution in [2.45, 2.75) is 60.6 Å². The maximum Gasteiger partial charge on any atom is 0.359 e. The molecule has 0 aliphatic carbocycles. The number of nitrogens with zero attached hydrogens (tertiary/aromatic N) is 2. The molecule has 128 valence electrons. The van der Waals surface area contributed by atoms with Gasteiger partial charge in [-0.1, -0.05) is 20.8 Å². The minimum absolute atomic E-state index is 0.0161. The molecule has 0 saturated heterocycles. The first-order valence-corrected chi connectivity index (χ1v) is 7.60. The number of nitrogen functional groups attached to an aromatic ring is 1. The van der Waals surface area contributed by atoms with Crippen LogP contribution in [-0.4, -0.2) is 27.6 Å². The fraction of sp³-hybridized carbons (Fsp3) is 0.625. The maximum absolute atomic E-state index is 12.4. The number of aromatic nitrogens is 2. The average Bonchev–Trinajstić information content (AvgIpc) is 2.38. The lowest BCUT2D eigenvalue weighted by atomic mass is 9.90. The van der Waals surface area contributed by atoms with E-state index >= 15 is 0 Å². The van der Waals surface area contributed by atoms with Crippen LogP contribution in [0.5, 0.6) is 0 Å². The molecule has 23 heavy (non-hydrogen) atoms. The second-order valence-corrected chi connectivity index (χ2v) is 6.80. The molecular formula is C16H25N3O4. The number of rotatable bonds is 5. The number of hydrogen-bond donors (Lipinski definition) is 1. The van der Waals surface area contributed by atoms with Gasteiger partial charge in [0.2, 0.25) is 0 Å². The number of ether oxygens (including phenoxy) is 1. The molecular weight excluding hydrogens is 298 g/mol. The van der Waals surface area contributed by atoms with Crippen LogP contribution in [0.1, 0.15) is 68.8 Å². The number of anilines is 1. The highest BCUT2D eigenvalue weighted by molar-refractivity contribution is 6.07. The topological polar surface area (TPSA) is 104 Å². The Morgan fingerprint density at radius 1 is 1.35 bits per heavy atom. The Morgan fingerprint density at radius 3 is 2.35 bits per heavy atom. The summed E-state index contributed by atoms with van der Waals surface area (Å²) in [6.45, 7) is 11.0. The van der Waals surface area contributed by atoms with Gasteiger partial charge in [0.15, 0.2) is 11.5 Å². The van der Waals surface area contributed by atoms with Gasteiger partial charge in [0.1, 0.15) is 5.69 Å². The molecule has 1 heterocycles. The van der Waals surface area contributed by atoms with Gasteiger partial charge in [0.25, 0.3) is 5.56 Å². The number of ketones is 1. The summed E-state index contributed by atoms with van der Waals surface area (Å²) in [5.74, 6) is -1.24. The molecule has 7 nitrogen and oxygen atoms in total. The van der Waals surface area contributed by atoms with Crippen LogP contribution in [0, 0.1) is 5.41 Å². The molecule has 1 atom stereocenters. The summed E-state index contributed by atoms with van der Waals surface area (Å²) in [6.07, 6.45) is 0.296. The second-order valence-electron chi connectivity index (χ2n) is 6.80. The van der Waals surface area contributed by atoms with Crippen molar-refractivity contribution in [1.82, 2.24) is 9.78 Å². The first-order chi connectivity index (χ1) is 10.5. The van der Waals surface area contributed by atoms with Crippen LogP contribution in [0.4, 0.5) is 5.69 Å². The van der Waals surface area contributed by atoms with E-state index < -0.39 is 17.3 Å². The van der Waals surface area contributed by atoms with Crippen LogP contribution in [0.3, 0.4) is 0 Å². The zero-order valence-corrected chi connectivity index (χ0v) is 14.6. The number of carbonyl (C=O) groups excluding carboxylic acids is 2. The first-order valence-electron chi connectivity index (χ1n) is 7.60. The number of hydrogen-bond acceptors (Lipinski definition) is 6. The van der Waals surface area contributed by atoms with Gasteiger partial charge < -0.3 is 10.5 Å². The predicted molar refractivity (Wildman–Crippen MR) is 87.5 cm³/mol. The molecule has 2 N–H and O–H groups in total. The minimum atomic E-state index is -0.749. The molecule has 1 aromatic rings. The molecule has 0 fully saturated rings. The van der Waals surface area contributed by atoms with E-state index in [2.05, 4.69) is 5.10 Å². The Kier molecular flexibility index (Phi) is 5.69. The van der Waals surface area contributed by atoms with Crippen molar-refractivity contribution in [3.63, 3.8) is 0 Å². The summed E-state index contributed by atoms with van der Waals surface area (Å²) in [6, 6.07) is 0. The Morgan fingerprint density at radius 2 is 1.91 bits per heavy atom. The fourth-order valence-electron chi connectivity index (χ4n) is 2.45. The van der Waals surface area contributed by atoms with E-state index in [-0.39, 0.29) is 35.0 Å². The lowest BCUT2D eigenvalue weighted by Crippen LogP contribution is -2.32. The second kappa shape index (κ2) is 6.93. The van der Waals surface area contributed by atoms with E-state index in [1.165, 1.54) is 6.92 Å². The largest absolute Gasteiger partial charge is 0.458 e. The molecule has 0 spiro atoms. The Bertz CT molecular complexity index is 671. The number of nitrogens with two attached hydrogens (primary N) is 1. The first kappa shape index (κ1) is 18.9. The van der Waals surface area contributed by atoms with Gasteiger partial charge in [-0.05, 0) is 32.6 Å². The van der Waals surface area contributed by atoms with Crippen molar-refractivity contribution in [3.05, 3.63) is 21.6 Å². The van der Waals surface area contributed by atoms with Crippen LogP contribution < -0.4 is 11.3 Å². The van der Waals surface area contributed by atoms with E-state index in [4.69, 9.17) is 10.5 Å². The normalized spacial score (nSPS) is 12.8. The third-order valence-corrected chi connectivity index (χ3v) is 3.24. The standard InChI is InChI=1S/C16H25N3O4/c1-7-19-14(21)12(17)11(10(3)20)13(18-19)15(22)23-9(2)8-16(4,5)6/h9H,7-8,17H2,1-6H3. The highest BCUT2D eigenvalue weighted by Gasteiger charge is 2.27. The highest BCUT2D eigenvalue weighted by Crippen LogP contribution is 2.23. The van der Waals surface area contributed by atoms with E-state index in [9.17, 15) is 14.4 Å². The van der Waals surface area contributed by atoms with E-state index in [0.29, 0.717) is 6.42 Å². The summed E-state index contributed by atoms with van der Waals surface area (Å²) >= 11 is 0. The predicted octanol–water partition coefficient (Wildman–Crippen LogP) is 2.03. The van der Waals surface area contributed by atoms with Gasteiger partial charge in [-0.3, -0.25) is 9.59 Å². The molecule has 0 saturated carbocycles. The summed E-state index contributed by atoms with van der Waals surface area (Å²) in [7, 11) is 0. The van der Waals surface area contributed by atoms with Crippen molar-refractivity contribution in [2.75, 3.05) is 5.73 Å². The van der Waals surface area contributed by atoms with Crippen LogP contribution >= 0.6 is 0 Å². The quantitative estimate of drug-likeness (QED) is 0.656. The molecule has 1 aromatic heterocycles. The summed E-state index contributed by atoms with van der Waals surface area (Å²) < 4.78 is 6.42. The molecule has 0 aliphatic heterocycles. The lowest BCUT2D eigenvalue weighted by molar-refractivity contribution is 0.0241. The Labute approximate surface area is 135 Å². The van der Waals surface area contributed by atoms with Gasteiger partial charge >= 0.3 is 5.97 Å². The third-order valence-electron chi connectivity index (χ3n) is 3.24. The van der Waals surface area contributed by atoms with E-state index in [0.717, 1.165) is 4.68 Å². The molecule has 0 aliphatic rings.